The van der Waals surface area contributed by atoms with E-state index in [4.69, 9.17) is 0 Å². The van der Waals surface area contributed by atoms with E-state index >= 15 is 0 Å². The molecule has 11 heteroatoms. The number of aromatic nitrogens is 2. The normalized spacial score (nSPS) is 19.9. The van der Waals surface area contributed by atoms with Gasteiger partial charge in [-0.1, -0.05) is 0 Å². The van der Waals surface area contributed by atoms with Crippen LogP contribution in [0, 0.1) is 13.8 Å². The van der Waals surface area contributed by atoms with Crippen LogP contribution in [0.3, 0.4) is 0 Å². The van der Waals surface area contributed by atoms with Crippen LogP contribution in [0.5, 0.6) is 0 Å². The first-order valence-corrected chi connectivity index (χ1v) is 9.97. The summed E-state index contributed by atoms with van der Waals surface area (Å²) >= 11 is 0. The Hall–Kier alpha value is -1.62. The molecule has 0 bridgehead atoms. The van der Waals surface area contributed by atoms with Crippen molar-refractivity contribution >= 4 is 15.7 Å². The van der Waals surface area contributed by atoms with Crippen molar-refractivity contribution in [3.63, 3.8) is 0 Å². The number of likely N-dealkylation sites (N-methyl/N-ethyl adjacent to an activating group) is 1. The van der Waals surface area contributed by atoms with Crippen molar-refractivity contribution in [3.8, 4) is 0 Å². The van der Waals surface area contributed by atoms with Gasteiger partial charge in [0.1, 0.15) is 6.54 Å². The zero-order valence-corrected chi connectivity index (χ0v) is 15.7. The van der Waals surface area contributed by atoms with E-state index < -0.39 is 28.5 Å². The van der Waals surface area contributed by atoms with Gasteiger partial charge >= 0.3 is 6.18 Å². The van der Waals surface area contributed by atoms with Crippen molar-refractivity contribution in [2.24, 2.45) is 0 Å². The topological polar surface area (TPSA) is 84.3 Å². The fourth-order valence-electron chi connectivity index (χ4n) is 3.08. The van der Waals surface area contributed by atoms with Crippen LogP contribution in [0.2, 0.25) is 0 Å². The number of amides is 1. The van der Waals surface area contributed by atoms with Crippen molar-refractivity contribution in [1.82, 2.24) is 20.0 Å². The summed E-state index contributed by atoms with van der Waals surface area (Å²) < 4.78 is 61.5. The van der Waals surface area contributed by atoms with Crippen LogP contribution in [0.25, 0.3) is 0 Å². The summed E-state index contributed by atoms with van der Waals surface area (Å²) in [6.07, 6.45) is -3.93. The van der Waals surface area contributed by atoms with Crippen LogP contribution >= 0.6 is 0 Å². The molecular formula is C15H23F3N4O3S. The van der Waals surface area contributed by atoms with Gasteiger partial charge in [0, 0.05) is 17.8 Å². The second-order valence-corrected chi connectivity index (χ2v) is 8.94. The van der Waals surface area contributed by atoms with Crippen LogP contribution in [0.15, 0.2) is 0 Å². The summed E-state index contributed by atoms with van der Waals surface area (Å²) in [7, 11) is -1.41. The van der Waals surface area contributed by atoms with E-state index in [0.717, 1.165) is 11.3 Å². The number of halogens is 3. The number of sulfone groups is 1. The molecule has 1 aliphatic rings. The Morgan fingerprint density at radius 1 is 1.38 bits per heavy atom. The molecule has 1 aliphatic heterocycles. The van der Waals surface area contributed by atoms with Gasteiger partial charge in [-0.15, -0.1) is 0 Å². The Labute approximate surface area is 150 Å². The molecule has 1 amide bonds. The molecule has 0 aliphatic carbocycles. The first kappa shape index (κ1) is 20.7. The average Bonchev–Trinajstić information content (AvgIpc) is 2.98. The van der Waals surface area contributed by atoms with Crippen LogP contribution in [0.4, 0.5) is 13.2 Å². The third-order valence-electron chi connectivity index (χ3n) is 4.36. The molecule has 7 nitrogen and oxygen atoms in total. The summed E-state index contributed by atoms with van der Waals surface area (Å²) in [5.41, 5.74) is 2.38. The fraction of sp³-hybridized carbons (Fsp3) is 0.733. The highest BCUT2D eigenvalue weighted by molar-refractivity contribution is 7.91. The number of hydrogen-bond donors (Lipinski definition) is 1. The van der Waals surface area contributed by atoms with Crippen LogP contribution < -0.4 is 5.32 Å². The van der Waals surface area contributed by atoms with Crippen molar-refractivity contribution in [2.45, 2.75) is 39.0 Å². The van der Waals surface area contributed by atoms with Gasteiger partial charge in [-0.2, -0.15) is 18.3 Å². The molecule has 2 heterocycles. The molecule has 1 N–H and O–H groups in total. The molecule has 1 aromatic heterocycles. The van der Waals surface area contributed by atoms with Crippen molar-refractivity contribution in [2.75, 3.05) is 31.6 Å². The van der Waals surface area contributed by atoms with Gasteiger partial charge in [-0.3, -0.25) is 14.4 Å². The number of alkyl halides is 3. The molecule has 0 aromatic carbocycles. The average molecular weight is 396 g/mol. The molecule has 0 radical (unpaired) electrons. The maximum atomic E-state index is 12.1. The Kier molecular flexibility index (Phi) is 6.01. The second-order valence-electron chi connectivity index (χ2n) is 6.72. The quantitative estimate of drug-likeness (QED) is 0.775. The fourth-order valence-corrected chi connectivity index (χ4v) is 4.77. The highest BCUT2D eigenvalue weighted by atomic mass is 32.2. The minimum absolute atomic E-state index is 0.0596. The molecule has 26 heavy (non-hydrogen) atoms. The van der Waals surface area contributed by atoms with E-state index in [1.165, 1.54) is 0 Å². The van der Waals surface area contributed by atoms with Crippen molar-refractivity contribution in [1.29, 1.82) is 0 Å². The molecule has 0 spiro atoms. The second kappa shape index (κ2) is 7.55. The first-order chi connectivity index (χ1) is 11.9. The summed E-state index contributed by atoms with van der Waals surface area (Å²) in [6, 6.07) is -0.201. The van der Waals surface area contributed by atoms with E-state index in [2.05, 4.69) is 5.10 Å². The number of aryl methyl sites for hydroxylation is 1. The van der Waals surface area contributed by atoms with Gasteiger partial charge in [0.05, 0.1) is 29.8 Å². The predicted octanol–water partition coefficient (Wildman–Crippen LogP) is 0.970. The molecule has 1 fully saturated rings. The minimum Gasteiger partial charge on any atom is -0.346 e. The number of rotatable bonds is 6. The lowest BCUT2D eigenvalue weighted by Gasteiger charge is -2.17. The number of hydrogen-bond acceptors (Lipinski definition) is 5. The SMILES string of the molecule is Cc1nn([C@@H]2CCS(=O)(=O)C2)c(C)c1CN(C)CC(=O)NCC(F)(F)F. The molecule has 2 rings (SSSR count). The van der Waals surface area contributed by atoms with Crippen LogP contribution in [0.1, 0.15) is 29.4 Å². The molecule has 1 saturated heterocycles. The molecule has 0 unspecified atom stereocenters. The lowest BCUT2D eigenvalue weighted by atomic mass is 10.1. The van der Waals surface area contributed by atoms with Gasteiger partial charge in [0.15, 0.2) is 9.84 Å². The van der Waals surface area contributed by atoms with Gasteiger partial charge < -0.3 is 5.32 Å². The molecule has 0 saturated carbocycles. The minimum atomic E-state index is -4.44. The largest absolute Gasteiger partial charge is 0.405 e. The zero-order valence-electron chi connectivity index (χ0n) is 14.9. The van der Waals surface area contributed by atoms with Gasteiger partial charge in [0.25, 0.3) is 0 Å². The van der Waals surface area contributed by atoms with Gasteiger partial charge in [0.2, 0.25) is 5.91 Å². The van der Waals surface area contributed by atoms with E-state index in [-0.39, 0.29) is 24.1 Å². The van der Waals surface area contributed by atoms with E-state index in [1.54, 1.807) is 23.6 Å². The third kappa shape index (κ3) is 5.44. The predicted molar refractivity (Wildman–Crippen MR) is 89.4 cm³/mol. The lowest BCUT2D eigenvalue weighted by molar-refractivity contribution is -0.138. The third-order valence-corrected chi connectivity index (χ3v) is 6.11. The monoisotopic (exact) mass is 396 g/mol. The zero-order chi connectivity index (χ0) is 19.7. The number of carbonyl (C=O) groups excluding carboxylic acids is 1. The van der Waals surface area contributed by atoms with E-state index in [1.807, 2.05) is 12.2 Å². The van der Waals surface area contributed by atoms with Crippen molar-refractivity contribution in [3.05, 3.63) is 17.0 Å². The summed E-state index contributed by atoms with van der Waals surface area (Å²) in [5, 5.41) is 6.27. The maximum Gasteiger partial charge on any atom is 0.405 e. The number of nitrogens with zero attached hydrogens (tertiary/aromatic N) is 3. The molecule has 148 valence electrons. The first-order valence-electron chi connectivity index (χ1n) is 8.15. The summed E-state index contributed by atoms with van der Waals surface area (Å²) in [5.74, 6) is -0.510. The summed E-state index contributed by atoms with van der Waals surface area (Å²) in [4.78, 5) is 13.2. The Balaban J connectivity index is 2.00. The lowest BCUT2D eigenvalue weighted by Crippen LogP contribution is -2.39. The maximum absolute atomic E-state index is 12.1. The van der Waals surface area contributed by atoms with E-state index in [0.29, 0.717) is 18.7 Å². The van der Waals surface area contributed by atoms with E-state index in [9.17, 15) is 26.4 Å². The van der Waals surface area contributed by atoms with Gasteiger partial charge in [-0.25, -0.2) is 8.42 Å². The Morgan fingerprint density at radius 2 is 2.04 bits per heavy atom. The Bertz CT molecular complexity index is 774. The highest BCUT2D eigenvalue weighted by Crippen LogP contribution is 2.27. The number of carbonyl (C=O) groups is 1. The van der Waals surface area contributed by atoms with Gasteiger partial charge in [-0.05, 0) is 27.3 Å². The smallest absolute Gasteiger partial charge is 0.346 e. The molecule has 1 aromatic rings. The Morgan fingerprint density at radius 3 is 2.58 bits per heavy atom. The highest BCUT2D eigenvalue weighted by Gasteiger charge is 2.32. The molecular weight excluding hydrogens is 373 g/mol. The van der Waals surface area contributed by atoms with Crippen LogP contribution in [-0.4, -0.2) is 66.8 Å². The standard InChI is InChI=1S/C15H23F3N4O3S/c1-10-13(6-21(3)7-14(23)19-9-15(16,17)18)11(2)22(20-10)12-4-5-26(24,25)8-12/h12H,4-9H2,1-3H3,(H,19,23)/t12-/m1/s1. The van der Waals surface area contributed by atoms with Crippen molar-refractivity contribution < 1.29 is 26.4 Å². The van der Waals surface area contributed by atoms with Crippen LogP contribution in [-0.2, 0) is 21.2 Å². The number of nitrogens with one attached hydrogen (secondary N) is 1. The molecule has 1 atom stereocenters. The summed E-state index contributed by atoms with van der Waals surface area (Å²) in [6.45, 7) is 2.41.